The van der Waals surface area contributed by atoms with Crippen LogP contribution in [0.5, 0.6) is 0 Å². The zero-order chi connectivity index (χ0) is 11.4. The van der Waals surface area contributed by atoms with Crippen molar-refractivity contribution >= 4 is 23.2 Å². The van der Waals surface area contributed by atoms with E-state index in [4.69, 9.17) is 17.3 Å². The van der Waals surface area contributed by atoms with Crippen LogP contribution in [-0.4, -0.2) is 12.5 Å². The van der Waals surface area contributed by atoms with Crippen molar-refractivity contribution in [3.8, 4) is 0 Å². The van der Waals surface area contributed by atoms with Crippen LogP contribution in [0.25, 0.3) is 0 Å². The summed E-state index contributed by atoms with van der Waals surface area (Å²) in [6.45, 7) is 6.00. The lowest BCUT2D eigenvalue weighted by Crippen LogP contribution is -2.24. The minimum atomic E-state index is -0.179. The van der Waals surface area contributed by atoms with Gasteiger partial charge in [-0.2, -0.15) is 0 Å². The molecule has 4 heteroatoms. The highest BCUT2D eigenvalue weighted by molar-refractivity contribution is 6.33. The zero-order valence-corrected chi connectivity index (χ0v) is 9.27. The van der Waals surface area contributed by atoms with Gasteiger partial charge in [0.05, 0.1) is 10.7 Å². The molecule has 15 heavy (non-hydrogen) atoms. The summed E-state index contributed by atoms with van der Waals surface area (Å²) in [6.07, 6.45) is 0. The number of rotatable bonds is 3. The Kier molecular flexibility index (Phi) is 3.74. The number of nitrogens with one attached hydrogen (secondary N) is 1. The Morgan fingerprint density at radius 2 is 2.27 bits per heavy atom. The summed E-state index contributed by atoms with van der Waals surface area (Å²) < 4.78 is 0. The smallest absolute Gasteiger partial charge is 0.251 e. The lowest BCUT2D eigenvalue weighted by Gasteiger charge is -2.05. The van der Waals surface area contributed by atoms with Crippen molar-refractivity contribution in [1.82, 2.24) is 5.32 Å². The number of nitrogens with two attached hydrogens (primary N) is 1. The Labute approximate surface area is 93.9 Å². The van der Waals surface area contributed by atoms with Crippen molar-refractivity contribution in [2.45, 2.75) is 6.92 Å². The van der Waals surface area contributed by atoms with Crippen LogP contribution >= 0.6 is 11.6 Å². The van der Waals surface area contributed by atoms with Crippen LogP contribution in [0.3, 0.4) is 0 Å². The molecule has 0 bridgehead atoms. The van der Waals surface area contributed by atoms with Crippen LogP contribution in [0, 0.1) is 0 Å². The van der Waals surface area contributed by atoms with E-state index in [-0.39, 0.29) is 5.91 Å². The Balaban J connectivity index is 2.74. The molecule has 1 amide bonds. The number of benzene rings is 1. The largest absolute Gasteiger partial charge is 0.398 e. The van der Waals surface area contributed by atoms with Crippen LogP contribution in [-0.2, 0) is 0 Å². The molecule has 0 radical (unpaired) electrons. The van der Waals surface area contributed by atoms with Crippen molar-refractivity contribution in [3.63, 3.8) is 0 Å². The Morgan fingerprint density at radius 1 is 1.60 bits per heavy atom. The lowest BCUT2D eigenvalue weighted by atomic mass is 10.2. The molecule has 0 spiro atoms. The predicted molar refractivity (Wildman–Crippen MR) is 63.0 cm³/mol. The second kappa shape index (κ2) is 4.84. The van der Waals surface area contributed by atoms with Gasteiger partial charge in [-0.05, 0) is 25.1 Å². The van der Waals surface area contributed by atoms with E-state index in [2.05, 4.69) is 11.9 Å². The first-order valence-corrected chi connectivity index (χ1v) is 4.86. The van der Waals surface area contributed by atoms with E-state index in [1.807, 2.05) is 6.92 Å². The molecule has 1 aromatic rings. The molecule has 3 N–H and O–H groups in total. The lowest BCUT2D eigenvalue weighted by molar-refractivity contribution is 0.0957. The van der Waals surface area contributed by atoms with E-state index in [1.54, 1.807) is 18.2 Å². The van der Waals surface area contributed by atoms with Crippen LogP contribution < -0.4 is 11.1 Å². The highest BCUT2D eigenvalue weighted by Gasteiger charge is 2.06. The van der Waals surface area contributed by atoms with E-state index >= 15 is 0 Å². The van der Waals surface area contributed by atoms with Gasteiger partial charge in [0.15, 0.2) is 0 Å². The maximum absolute atomic E-state index is 11.6. The molecule has 0 aliphatic heterocycles. The van der Waals surface area contributed by atoms with Crippen molar-refractivity contribution < 1.29 is 4.79 Å². The topological polar surface area (TPSA) is 55.1 Å². The Hall–Kier alpha value is -1.48. The number of anilines is 1. The number of hydrogen-bond acceptors (Lipinski definition) is 2. The van der Waals surface area contributed by atoms with Crippen molar-refractivity contribution in [3.05, 3.63) is 40.9 Å². The molecule has 0 aliphatic carbocycles. The molecule has 1 rings (SSSR count). The van der Waals surface area contributed by atoms with Crippen molar-refractivity contribution in [2.24, 2.45) is 0 Å². The molecule has 0 fully saturated rings. The number of nitrogen functional groups attached to an aromatic ring is 1. The van der Waals surface area contributed by atoms with Crippen molar-refractivity contribution in [1.29, 1.82) is 0 Å². The normalized spacial score (nSPS) is 9.73. The van der Waals surface area contributed by atoms with Crippen LogP contribution in [0.15, 0.2) is 30.4 Å². The van der Waals surface area contributed by atoms with Gasteiger partial charge in [-0.25, -0.2) is 0 Å². The van der Waals surface area contributed by atoms with E-state index in [0.717, 1.165) is 5.57 Å². The second-order valence-corrected chi connectivity index (χ2v) is 3.78. The Morgan fingerprint density at radius 3 is 2.80 bits per heavy atom. The average molecular weight is 225 g/mol. The monoisotopic (exact) mass is 224 g/mol. The minimum absolute atomic E-state index is 0.179. The molecular formula is C11H13ClN2O. The summed E-state index contributed by atoms with van der Waals surface area (Å²) in [6, 6.07) is 4.79. The zero-order valence-electron chi connectivity index (χ0n) is 8.51. The first-order valence-electron chi connectivity index (χ1n) is 4.48. The molecular weight excluding hydrogens is 212 g/mol. The maximum atomic E-state index is 11.6. The third-order valence-electron chi connectivity index (χ3n) is 1.81. The molecule has 0 heterocycles. The number of amides is 1. The summed E-state index contributed by atoms with van der Waals surface area (Å²) in [4.78, 5) is 11.6. The average Bonchev–Trinajstić information content (AvgIpc) is 2.18. The molecule has 0 saturated heterocycles. The number of hydrogen-bond donors (Lipinski definition) is 2. The van der Waals surface area contributed by atoms with Gasteiger partial charge < -0.3 is 11.1 Å². The van der Waals surface area contributed by atoms with E-state index in [9.17, 15) is 4.79 Å². The van der Waals surface area contributed by atoms with Gasteiger partial charge in [0, 0.05) is 12.1 Å². The summed E-state index contributed by atoms with van der Waals surface area (Å²) >= 11 is 5.74. The van der Waals surface area contributed by atoms with Crippen LogP contribution in [0.1, 0.15) is 17.3 Å². The molecule has 1 aromatic carbocycles. The fourth-order valence-electron chi connectivity index (χ4n) is 1.02. The number of carbonyl (C=O) groups is 1. The number of carbonyl (C=O) groups excluding carboxylic acids is 1. The van der Waals surface area contributed by atoms with Gasteiger partial charge in [0.1, 0.15) is 0 Å². The maximum Gasteiger partial charge on any atom is 0.251 e. The molecule has 3 nitrogen and oxygen atoms in total. The summed E-state index contributed by atoms with van der Waals surface area (Å²) in [7, 11) is 0. The van der Waals surface area contributed by atoms with Crippen LogP contribution in [0.2, 0.25) is 5.02 Å². The third kappa shape index (κ3) is 3.29. The van der Waals surface area contributed by atoms with E-state index in [0.29, 0.717) is 22.8 Å². The predicted octanol–water partition coefficient (Wildman–Crippen LogP) is 2.23. The summed E-state index contributed by atoms with van der Waals surface area (Å²) in [5, 5.41) is 3.16. The molecule has 0 aromatic heterocycles. The van der Waals surface area contributed by atoms with Crippen molar-refractivity contribution in [2.75, 3.05) is 12.3 Å². The fourth-order valence-corrected chi connectivity index (χ4v) is 1.14. The minimum Gasteiger partial charge on any atom is -0.398 e. The molecule has 0 saturated carbocycles. The second-order valence-electron chi connectivity index (χ2n) is 3.38. The van der Waals surface area contributed by atoms with Gasteiger partial charge in [-0.15, -0.1) is 0 Å². The molecule has 0 atom stereocenters. The van der Waals surface area contributed by atoms with Gasteiger partial charge in [-0.1, -0.05) is 23.8 Å². The van der Waals surface area contributed by atoms with Gasteiger partial charge in [0.2, 0.25) is 0 Å². The highest BCUT2D eigenvalue weighted by Crippen LogP contribution is 2.19. The highest BCUT2D eigenvalue weighted by atomic mass is 35.5. The standard InChI is InChI=1S/C11H13ClN2O/c1-7(2)6-14-11(15)8-3-4-9(12)10(13)5-8/h3-5H,1,6,13H2,2H3,(H,14,15). The van der Waals surface area contributed by atoms with Gasteiger partial charge in [-0.3, -0.25) is 4.79 Å². The Bertz CT molecular complexity index is 402. The van der Waals surface area contributed by atoms with Gasteiger partial charge >= 0.3 is 0 Å². The molecule has 80 valence electrons. The fraction of sp³-hybridized carbons (Fsp3) is 0.182. The molecule has 0 unspecified atom stereocenters. The third-order valence-corrected chi connectivity index (χ3v) is 2.15. The first-order chi connectivity index (χ1) is 7.00. The first kappa shape index (κ1) is 11.6. The molecule has 0 aliphatic rings. The SMILES string of the molecule is C=C(C)CNC(=O)c1ccc(Cl)c(N)c1. The quantitative estimate of drug-likeness (QED) is 0.611. The van der Waals surface area contributed by atoms with E-state index < -0.39 is 0 Å². The van der Waals surface area contributed by atoms with E-state index in [1.165, 1.54) is 0 Å². The summed E-state index contributed by atoms with van der Waals surface area (Å²) in [5.41, 5.74) is 7.38. The van der Waals surface area contributed by atoms with Gasteiger partial charge in [0.25, 0.3) is 5.91 Å². The summed E-state index contributed by atoms with van der Waals surface area (Å²) in [5.74, 6) is -0.179. The number of halogens is 1. The van der Waals surface area contributed by atoms with Crippen LogP contribution in [0.4, 0.5) is 5.69 Å².